The van der Waals surface area contributed by atoms with E-state index in [2.05, 4.69) is 0 Å². The Morgan fingerprint density at radius 1 is 1.47 bits per heavy atom. The van der Waals surface area contributed by atoms with Crippen molar-refractivity contribution < 1.29 is 32.6 Å². The maximum atomic E-state index is 12.3. The van der Waals surface area contributed by atoms with Crippen molar-refractivity contribution in [1.29, 1.82) is 0 Å². The van der Waals surface area contributed by atoms with Crippen molar-refractivity contribution in [2.75, 3.05) is 19.7 Å². The number of nitrogens with zero attached hydrogens (tertiary/aromatic N) is 1. The summed E-state index contributed by atoms with van der Waals surface area (Å²) in [4.78, 5) is 11.7. The van der Waals surface area contributed by atoms with Crippen LogP contribution in [0.5, 0.6) is 0 Å². The molecule has 0 fully saturated rings. The van der Waals surface area contributed by atoms with Crippen molar-refractivity contribution in [2.45, 2.75) is 19.6 Å². The summed E-state index contributed by atoms with van der Waals surface area (Å²) in [5, 5.41) is 17.5. The van der Waals surface area contributed by atoms with Gasteiger partial charge in [0.15, 0.2) is 0 Å². The number of hydrogen-bond donors (Lipinski definition) is 2. The molecule has 0 radical (unpaired) electrons. The van der Waals surface area contributed by atoms with E-state index in [0.29, 0.717) is 5.56 Å². The lowest BCUT2D eigenvalue weighted by atomic mass is 10.2. The fraction of sp³-hybridized carbons (Fsp3) is 0.545. The Kier molecular flexibility index (Phi) is 4.96. The maximum absolute atomic E-state index is 12.3. The van der Waals surface area contributed by atoms with Gasteiger partial charge < -0.3 is 14.6 Å². The highest BCUT2D eigenvalue weighted by atomic mass is 19.4. The molecule has 0 amide bonds. The summed E-state index contributed by atoms with van der Waals surface area (Å²) in [6, 6.07) is 1.38. The van der Waals surface area contributed by atoms with E-state index in [1.165, 1.54) is 13.0 Å². The molecule has 19 heavy (non-hydrogen) atoms. The fourth-order valence-corrected chi connectivity index (χ4v) is 1.67. The van der Waals surface area contributed by atoms with Crippen LogP contribution < -0.4 is 0 Å². The van der Waals surface area contributed by atoms with E-state index in [-0.39, 0.29) is 24.6 Å². The molecular weight excluding hydrogens is 267 g/mol. The van der Waals surface area contributed by atoms with Crippen LogP contribution in [0.4, 0.5) is 13.2 Å². The molecular formula is C11H14F3NO4. The standard InChI is InChI=1S/C11H14F3NO4/c1-7-4-8(19-9(7)10(17)18)5-15(2-3-16)6-11(12,13)14/h4,16H,2-3,5-6H2,1H3,(H,17,18). The number of hydrogen-bond acceptors (Lipinski definition) is 4. The third kappa shape index (κ3) is 4.92. The van der Waals surface area contributed by atoms with Gasteiger partial charge in [-0.1, -0.05) is 0 Å². The molecule has 8 heteroatoms. The molecule has 0 spiro atoms. The first-order valence-electron chi connectivity index (χ1n) is 5.45. The number of carbonyl (C=O) groups is 1. The second-order valence-electron chi connectivity index (χ2n) is 4.08. The first kappa shape index (κ1) is 15.5. The van der Waals surface area contributed by atoms with Gasteiger partial charge in [0.2, 0.25) is 5.76 Å². The van der Waals surface area contributed by atoms with E-state index in [9.17, 15) is 18.0 Å². The molecule has 5 nitrogen and oxygen atoms in total. The quantitative estimate of drug-likeness (QED) is 0.829. The predicted octanol–water partition coefficient (Wildman–Crippen LogP) is 1.64. The van der Waals surface area contributed by atoms with Gasteiger partial charge in [0.1, 0.15) is 5.76 Å². The predicted molar refractivity (Wildman–Crippen MR) is 58.8 cm³/mol. The first-order chi connectivity index (χ1) is 8.73. The van der Waals surface area contributed by atoms with E-state index in [1.54, 1.807) is 0 Å². The molecule has 2 N–H and O–H groups in total. The van der Waals surface area contributed by atoms with Gasteiger partial charge in [-0.3, -0.25) is 4.90 Å². The van der Waals surface area contributed by atoms with E-state index < -0.39 is 25.3 Å². The Bertz CT molecular complexity index is 442. The minimum absolute atomic E-state index is 0.118. The van der Waals surface area contributed by atoms with E-state index in [0.717, 1.165) is 4.90 Å². The molecule has 0 bridgehead atoms. The van der Waals surface area contributed by atoms with Crippen LogP contribution in [0.15, 0.2) is 10.5 Å². The average molecular weight is 281 g/mol. The Labute approximate surface area is 107 Å². The van der Waals surface area contributed by atoms with Crippen LogP contribution in [0.2, 0.25) is 0 Å². The average Bonchev–Trinajstić information content (AvgIpc) is 2.57. The third-order valence-corrected chi connectivity index (χ3v) is 2.36. The molecule has 0 atom stereocenters. The molecule has 0 saturated heterocycles. The maximum Gasteiger partial charge on any atom is 0.401 e. The number of rotatable bonds is 6. The van der Waals surface area contributed by atoms with Gasteiger partial charge in [0, 0.05) is 12.1 Å². The Morgan fingerprint density at radius 2 is 2.11 bits per heavy atom. The lowest BCUT2D eigenvalue weighted by Gasteiger charge is -2.21. The zero-order chi connectivity index (χ0) is 14.6. The molecule has 0 unspecified atom stereocenters. The number of furan rings is 1. The summed E-state index contributed by atoms with van der Waals surface area (Å²) < 4.78 is 41.9. The van der Waals surface area contributed by atoms with Crippen molar-refractivity contribution in [2.24, 2.45) is 0 Å². The van der Waals surface area contributed by atoms with E-state index in [1.807, 2.05) is 0 Å². The van der Waals surface area contributed by atoms with Crippen LogP contribution in [0, 0.1) is 6.92 Å². The minimum Gasteiger partial charge on any atom is -0.475 e. The molecule has 0 aromatic carbocycles. The van der Waals surface area contributed by atoms with Gasteiger partial charge in [0.25, 0.3) is 0 Å². The van der Waals surface area contributed by atoms with Gasteiger partial charge >= 0.3 is 12.1 Å². The first-order valence-corrected chi connectivity index (χ1v) is 5.45. The zero-order valence-electron chi connectivity index (χ0n) is 10.2. The second-order valence-corrected chi connectivity index (χ2v) is 4.08. The smallest absolute Gasteiger partial charge is 0.401 e. The van der Waals surface area contributed by atoms with Gasteiger partial charge in [0.05, 0.1) is 19.7 Å². The highest BCUT2D eigenvalue weighted by Crippen LogP contribution is 2.20. The van der Waals surface area contributed by atoms with Crippen molar-refractivity contribution in [1.82, 2.24) is 4.90 Å². The number of aliphatic hydroxyl groups is 1. The summed E-state index contributed by atoms with van der Waals surface area (Å²) in [5.41, 5.74) is 0.346. The monoisotopic (exact) mass is 281 g/mol. The Balaban J connectivity index is 2.79. The van der Waals surface area contributed by atoms with Crippen LogP contribution in [0.25, 0.3) is 0 Å². The van der Waals surface area contributed by atoms with Crippen molar-refractivity contribution >= 4 is 5.97 Å². The molecule has 0 aliphatic heterocycles. The largest absolute Gasteiger partial charge is 0.475 e. The van der Waals surface area contributed by atoms with Crippen LogP contribution in [0.3, 0.4) is 0 Å². The van der Waals surface area contributed by atoms with Gasteiger partial charge in [-0.2, -0.15) is 13.2 Å². The Hall–Kier alpha value is -1.54. The number of carboxylic acids is 1. The normalized spacial score (nSPS) is 12.1. The molecule has 0 saturated carbocycles. The van der Waals surface area contributed by atoms with E-state index >= 15 is 0 Å². The lowest BCUT2D eigenvalue weighted by molar-refractivity contribution is -0.148. The van der Waals surface area contributed by atoms with Crippen LogP contribution >= 0.6 is 0 Å². The number of alkyl halides is 3. The van der Waals surface area contributed by atoms with Crippen LogP contribution in [-0.4, -0.2) is 47.0 Å². The van der Waals surface area contributed by atoms with Crippen LogP contribution in [-0.2, 0) is 6.54 Å². The topological polar surface area (TPSA) is 73.9 Å². The highest BCUT2D eigenvalue weighted by molar-refractivity contribution is 5.86. The SMILES string of the molecule is Cc1cc(CN(CCO)CC(F)(F)F)oc1C(=O)O. The summed E-state index contributed by atoms with van der Waals surface area (Å²) in [5.74, 6) is -1.44. The molecule has 1 aromatic rings. The second kappa shape index (κ2) is 6.07. The summed E-state index contributed by atoms with van der Waals surface area (Å²) >= 11 is 0. The highest BCUT2D eigenvalue weighted by Gasteiger charge is 2.31. The lowest BCUT2D eigenvalue weighted by Crippen LogP contribution is -2.35. The van der Waals surface area contributed by atoms with Crippen molar-refractivity contribution in [3.63, 3.8) is 0 Å². The van der Waals surface area contributed by atoms with Gasteiger partial charge in [-0.25, -0.2) is 4.79 Å². The number of carboxylic acid groups (broad SMARTS) is 1. The number of halogens is 3. The molecule has 1 aromatic heterocycles. The number of aliphatic hydroxyl groups excluding tert-OH is 1. The third-order valence-electron chi connectivity index (χ3n) is 2.36. The molecule has 0 aliphatic rings. The molecule has 1 rings (SSSR count). The Morgan fingerprint density at radius 3 is 2.53 bits per heavy atom. The van der Waals surface area contributed by atoms with Crippen LogP contribution in [0.1, 0.15) is 21.9 Å². The summed E-state index contributed by atoms with van der Waals surface area (Å²) in [6.07, 6.45) is -4.40. The van der Waals surface area contributed by atoms with Gasteiger partial charge in [-0.05, 0) is 13.0 Å². The number of aromatic carboxylic acids is 1. The number of aryl methyl sites for hydroxylation is 1. The molecule has 108 valence electrons. The zero-order valence-corrected chi connectivity index (χ0v) is 10.2. The van der Waals surface area contributed by atoms with Gasteiger partial charge in [-0.15, -0.1) is 0 Å². The summed E-state index contributed by atoms with van der Waals surface area (Å²) in [6.45, 7) is -0.524. The molecule has 1 heterocycles. The van der Waals surface area contributed by atoms with Crippen molar-refractivity contribution in [3.05, 3.63) is 23.2 Å². The summed E-state index contributed by atoms with van der Waals surface area (Å²) in [7, 11) is 0. The molecule has 0 aliphatic carbocycles. The minimum atomic E-state index is -4.40. The fourth-order valence-electron chi connectivity index (χ4n) is 1.67. The van der Waals surface area contributed by atoms with E-state index in [4.69, 9.17) is 14.6 Å². The van der Waals surface area contributed by atoms with Crippen molar-refractivity contribution in [3.8, 4) is 0 Å².